The Morgan fingerprint density at radius 3 is 2.62 bits per heavy atom. The highest BCUT2D eigenvalue weighted by molar-refractivity contribution is 6.31. The summed E-state index contributed by atoms with van der Waals surface area (Å²) in [5.41, 5.74) is 5.78. The van der Waals surface area contributed by atoms with Crippen molar-refractivity contribution in [1.29, 1.82) is 0 Å². The van der Waals surface area contributed by atoms with Crippen LogP contribution in [0.5, 0.6) is 11.5 Å². The van der Waals surface area contributed by atoms with Gasteiger partial charge >= 0.3 is 0 Å². The molecule has 0 amide bonds. The minimum absolute atomic E-state index is 0.587. The predicted octanol–water partition coefficient (Wildman–Crippen LogP) is 5.28. The van der Waals surface area contributed by atoms with Crippen molar-refractivity contribution in [1.82, 2.24) is 0 Å². The molecule has 2 rings (SSSR count). The molecule has 1 N–H and O–H groups in total. The van der Waals surface area contributed by atoms with E-state index < -0.39 is 0 Å². The van der Waals surface area contributed by atoms with Crippen molar-refractivity contribution in [2.24, 2.45) is 5.10 Å². The van der Waals surface area contributed by atoms with Crippen molar-refractivity contribution >= 4 is 23.5 Å². The maximum atomic E-state index is 6.10. The maximum absolute atomic E-state index is 6.10. The lowest BCUT2D eigenvalue weighted by Gasteiger charge is -2.11. The molecular formula is C19H23ClN2O2. The van der Waals surface area contributed by atoms with Crippen LogP contribution in [-0.2, 0) is 0 Å². The van der Waals surface area contributed by atoms with E-state index in [9.17, 15) is 0 Å². The van der Waals surface area contributed by atoms with Gasteiger partial charge in [-0.15, -0.1) is 0 Å². The van der Waals surface area contributed by atoms with Gasteiger partial charge in [0.05, 0.1) is 25.1 Å². The zero-order valence-corrected chi connectivity index (χ0v) is 15.1. The quantitative estimate of drug-likeness (QED) is 0.522. The molecule has 0 saturated carbocycles. The number of halogens is 1. The van der Waals surface area contributed by atoms with E-state index in [2.05, 4.69) is 17.5 Å². The predicted molar refractivity (Wildman–Crippen MR) is 101 cm³/mol. The third-order valence-corrected chi connectivity index (χ3v) is 3.72. The number of hydrogen-bond acceptors (Lipinski definition) is 4. The van der Waals surface area contributed by atoms with Gasteiger partial charge in [0.1, 0.15) is 0 Å². The summed E-state index contributed by atoms with van der Waals surface area (Å²) in [6.07, 6.45) is 2.69. The average Bonchev–Trinajstić information content (AvgIpc) is 2.58. The highest BCUT2D eigenvalue weighted by Gasteiger charge is 2.05. The Kier molecular flexibility index (Phi) is 6.94. The van der Waals surface area contributed by atoms with Gasteiger partial charge in [-0.25, -0.2) is 0 Å². The first-order valence-electron chi connectivity index (χ1n) is 8.09. The monoisotopic (exact) mass is 346 g/mol. The maximum Gasteiger partial charge on any atom is 0.161 e. The van der Waals surface area contributed by atoms with Gasteiger partial charge in [-0.2, -0.15) is 5.10 Å². The minimum Gasteiger partial charge on any atom is -0.490 e. The lowest BCUT2D eigenvalue weighted by molar-refractivity contribution is 0.277. The van der Waals surface area contributed by atoms with Crippen LogP contribution in [0.3, 0.4) is 0 Å². The lowest BCUT2D eigenvalue weighted by atomic mass is 10.2. The second kappa shape index (κ2) is 9.18. The summed E-state index contributed by atoms with van der Waals surface area (Å²) in [5, 5.41) is 4.96. The zero-order valence-electron chi connectivity index (χ0n) is 14.3. The Bertz CT molecular complexity index is 702. The van der Waals surface area contributed by atoms with Gasteiger partial charge in [-0.3, -0.25) is 5.43 Å². The van der Waals surface area contributed by atoms with E-state index in [0.717, 1.165) is 34.7 Å². The van der Waals surface area contributed by atoms with E-state index in [1.165, 1.54) is 0 Å². The van der Waals surface area contributed by atoms with Gasteiger partial charge in [0.25, 0.3) is 0 Å². The molecule has 0 aliphatic heterocycles. The van der Waals surface area contributed by atoms with Gasteiger partial charge in [0, 0.05) is 5.02 Å². The second-order valence-corrected chi connectivity index (χ2v) is 5.73. The molecule has 0 aromatic heterocycles. The second-order valence-electron chi connectivity index (χ2n) is 5.32. The van der Waals surface area contributed by atoms with Crippen LogP contribution in [0.1, 0.15) is 31.4 Å². The van der Waals surface area contributed by atoms with E-state index in [1.807, 2.05) is 50.2 Å². The fraction of sp³-hybridized carbons (Fsp3) is 0.316. The van der Waals surface area contributed by atoms with Crippen molar-refractivity contribution < 1.29 is 9.47 Å². The number of benzene rings is 2. The molecule has 0 unspecified atom stereocenters. The molecule has 0 bridgehead atoms. The molecule has 2 aromatic carbocycles. The van der Waals surface area contributed by atoms with Gasteiger partial charge in [0.2, 0.25) is 0 Å². The Labute approximate surface area is 148 Å². The summed E-state index contributed by atoms with van der Waals surface area (Å²) in [5.74, 6) is 1.49. The highest BCUT2D eigenvalue weighted by atomic mass is 35.5. The molecule has 0 atom stereocenters. The molecule has 4 nitrogen and oxygen atoms in total. The van der Waals surface area contributed by atoms with E-state index in [1.54, 1.807) is 6.21 Å². The largest absolute Gasteiger partial charge is 0.490 e. The Morgan fingerprint density at radius 1 is 1.08 bits per heavy atom. The molecule has 128 valence electrons. The summed E-state index contributed by atoms with van der Waals surface area (Å²) in [6, 6.07) is 11.5. The topological polar surface area (TPSA) is 42.8 Å². The Balaban J connectivity index is 2.07. The van der Waals surface area contributed by atoms with Crippen LogP contribution in [0.15, 0.2) is 41.5 Å². The first kappa shape index (κ1) is 18.1. The van der Waals surface area contributed by atoms with E-state index >= 15 is 0 Å². The van der Waals surface area contributed by atoms with Gasteiger partial charge < -0.3 is 9.47 Å². The van der Waals surface area contributed by atoms with Crippen molar-refractivity contribution in [3.8, 4) is 11.5 Å². The van der Waals surface area contributed by atoms with Crippen molar-refractivity contribution in [2.45, 2.75) is 27.2 Å². The first-order chi connectivity index (χ1) is 11.6. The SMILES string of the molecule is CCCOc1ccc(/C=N/Nc2ccc(C)c(Cl)c2)cc1OCC. The summed E-state index contributed by atoms with van der Waals surface area (Å²) in [7, 11) is 0. The van der Waals surface area contributed by atoms with Crippen LogP contribution in [0.25, 0.3) is 0 Å². The molecule has 0 radical (unpaired) electrons. The summed E-state index contributed by atoms with van der Waals surface area (Å²) >= 11 is 6.10. The number of hydrazone groups is 1. The number of nitrogens with one attached hydrogen (secondary N) is 1. The molecule has 5 heteroatoms. The molecular weight excluding hydrogens is 324 g/mol. The van der Waals surface area contributed by atoms with Crippen LogP contribution in [0.4, 0.5) is 5.69 Å². The van der Waals surface area contributed by atoms with Crippen LogP contribution >= 0.6 is 11.6 Å². The van der Waals surface area contributed by atoms with Crippen LogP contribution in [0.2, 0.25) is 5.02 Å². The van der Waals surface area contributed by atoms with E-state index in [-0.39, 0.29) is 0 Å². The van der Waals surface area contributed by atoms with Gasteiger partial charge in [-0.1, -0.05) is 24.6 Å². The minimum atomic E-state index is 0.587. The van der Waals surface area contributed by atoms with Crippen molar-refractivity contribution in [3.05, 3.63) is 52.5 Å². The standard InChI is InChI=1S/C19H23ClN2O2/c1-4-10-24-18-9-7-15(11-19(18)23-5-2)13-21-22-16-8-6-14(3)17(20)12-16/h6-9,11-13,22H,4-5,10H2,1-3H3/b21-13+. The summed E-state index contributed by atoms with van der Waals surface area (Å²) in [6.45, 7) is 7.25. The number of ether oxygens (including phenoxy) is 2. The highest BCUT2D eigenvalue weighted by Crippen LogP contribution is 2.28. The van der Waals surface area contributed by atoms with Crippen LogP contribution in [-0.4, -0.2) is 19.4 Å². The smallest absolute Gasteiger partial charge is 0.161 e. The molecule has 0 fully saturated rings. The molecule has 0 spiro atoms. The van der Waals surface area contributed by atoms with Gasteiger partial charge in [-0.05, 0) is 61.7 Å². The molecule has 2 aromatic rings. The van der Waals surface area contributed by atoms with Gasteiger partial charge in [0.15, 0.2) is 11.5 Å². The number of aryl methyl sites for hydroxylation is 1. The number of rotatable bonds is 8. The third-order valence-electron chi connectivity index (χ3n) is 3.31. The summed E-state index contributed by atoms with van der Waals surface area (Å²) in [4.78, 5) is 0. The fourth-order valence-electron chi connectivity index (χ4n) is 2.05. The number of nitrogens with zero attached hydrogens (tertiary/aromatic N) is 1. The fourth-order valence-corrected chi connectivity index (χ4v) is 2.23. The molecule has 0 saturated heterocycles. The third kappa shape index (κ3) is 5.17. The van der Waals surface area contributed by atoms with E-state index in [4.69, 9.17) is 21.1 Å². The average molecular weight is 347 g/mol. The van der Waals surface area contributed by atoms with Crippen LogP contribution < -0.4 is 14.9 Å². The Morgan fingerprint density at radius 2 is 1.92 bits per heavy atom. The van der Waals surface area contributed by atoms with Crippen molar-refractivity contribution in [3.63, 3.8) is 0 Å². The molecule has 0 heterocycles. The van der Waals surface area contributed by atoms with E-state index in [0.29, 0.717) is 18.2 Å². The summed E-state index contributed by atoms with van der Waals surface area (Å²) < 4.78 is 11.3. The number of hydrogen-bond donors (Lipinski definition) is 1. The molecule has 24 heavy (non-hydrogen) atoms. The molecule has 0 aliphatic rings. The molecule has 0 aliphatic carbocycles. The number of anilines is 1. The van der Waals surface area contributed by atoms with Crippen LogP contribution in [0, 0.1) is 6.92 Å². The van der Waals surface area contributed by atoms with Crippen molar-refractivity contribution in [2.75, 3.05) is 18.6 Å². The lowest BCUT2D eigenvalue weighted by Crippen LogP contribution is -2.01. The zero-order chi connectivity index (χ0) is 17.4. The normalized spacial score (nSPS) is 10.8. The first-order valence-corrected chi connectivity index (χ1v) is 8.46. The Hall–Kier alpha value is -2.20.